The fraction of sp³-hybridized carbons (Fsp3) is 0.417. The Morgan fingerprint density at radius 2 is 1.61 bits per heavy atom. The molecule has 0 aliphatic heterocycles. The van der Waals surface area contributed by atoms with Gasteiger partial charge in [-0.3, -0.25) is 0 Å². The van der Waals surface area contributed by atoms with Gasteiger partial charge in [0.25, 0.3) is 0 Å². The second kappa shape index (κ2) is 4.88. The summed E-state index contributed by atoms with van der Waals surface area (Å²) in [4.78, 5) is 0. The van der Waals surface area contributed by atoms with Gasteiger partial charge in [0.2, 0.25) is 0 Å². The van der Waals surface area contributed by atoms with Crippen molar-refractivity contribution in [2.45, 2.75) is 32.7 Å². The van der Waals surface area contributed by atoms with Crippen molar-refractivity contribution in [2.24, 2.45) is 0 Å². The van der Waals surface area contributed by atoms with Crippen LogP contribution in [-0.2, 0) is 0 Å². The highest BCUT2D eigenvalue weighted by Gasteiger charge is 2.30. The van der Waals surface area contributed by atoms with Gasteiger partial charge in [0.1, 0.15) is 5.75 Å². The molecule has 0 radical (unpaired) electrons. The Kier molecular flexibility index (Phi) is 3.88. The molecule has 0 N–H and O–H groups in total. The average Bonchev–Trinajstić information content (AvgIpc) is 2.17. The van der Waals surface area contributed by atoms with Crippen LogP contribution in [0, 0.1) is 5.21 Å². The van der Waals surface area contributed by atoms with Gasteiger partial charge in [0.15, 0.2) is 11.8 Å². The van der Waals surface area contributed by atoms with Crippen LogP contribution in [0.2, 0.25) is 0 Å². The van der Waals surface area contributed by atoms with E-state index in [-0.39, 0.29) is 5.75 Å². The smallest absolute Gasteiger partial charge is 0.573 e. The summed E-state index contributed by atoms with van der Waals surface area (Å²) < 4.78 is 40.2. The molecule has 0 unspecified atom stereocenters. The minimum absolute atomic E-state index is 0.312. The van der Waals surface area contributed by atoms with Crippen molar-refractivity contribution in [3.05, 3.63) is 35.0 Å². The largest absolute Gasteiger partial charge is 0.623 e. The van der Waals surface area contributed by atoms with Gasteiger partial charge in [-0.2, -0.15) is 0 Å². The maximum atomic E-state index is 11.9. The molecule has 3 nitrogen and oxygen atoms in total. The zero-order valence-electron chi connectivity index (χ0n) is 10.3. The summed E-state index contributed by atoms with van der Waals surface area (Å²) in [7, 11) is 0. The van der Waals surface area contributed by atoms with Crippen molar-refractivity contribution in [3.63, 3.8) is 0 Å². The molecule has 0 atom stereocenters. The van der Waals surface area contributed by atoms with E-state index in [2.05, 4.69) is 4.74 Å². The van der Waals surface area contributed by atoms with E-state index >= 15 is 0 Å². The SMILES string of the molecule is CC(C)(C)/[N+]([O-])=C/c1ccc(OC(F)(F)F)cc1. The van der Waals surface area contributed by atoms with E-state index in [1.54, 1.807) is 20.8 Å². The predicted octanol–water partition coefficient (Wildman–Crippen LogP) is 3.31. The third-order valence-corrected chi connectivity index (χ3v) is 2.04. The molecule has 0 heterocycles. The normalized spacial score (nSPS) is 13.6. The zero-order chi connectivity index (χ0) is 14.0. The quantitative estimate of drug-likeness (QED) is 0.354. The molecule has 0 aromatic heterocycles. The molecule has 1 aromatic carbocycles. The lowest BCUT2D eigenvalue weighted by molar-refractivity contribution is -0.530. The van der Waals surface area contributed by atoms with Gasteiger partial charge in [0, 0.05) is 26.3 Å². The fourth-order valence-electron chi connectivity index (χ4n) is 1.08. The summed E-state index contributed by atoms with van der Waals surface area (Å²) in [5.74, 6) is -0.312. The highest BCUT2D eigenvalue weighted by atomic mass is 19.4. The van der Waals surface area contributed by atoms with Crippen molar-refractivity contribution >= 4 is 6.21 Å². The first-order valence-corrected chi connectivity index (χ1v) is 5.25. The van der Waals surface area contributed by atoms with Crippen molar-refractivity contribution in [3.8, 4) is 5.75 Å². The Balaban J connectivity index is 2.84. The maximum Gasteiger partial charge on any atom is 0.573 e. The van der Waals surface area contributed by atoms with Crippen LogP contribution >= 0.6 is 0 Å². The number of ether oxygens (including phenoxy) is 1. The van der Waals surface area contributed by atoms with E-state index in [0.717, 1.165) is 16.9 Å². The summed E-state index contributed by atoms with van der Waals surface area (Å²) >= 11 is 0. The summed E-state index contributed by atoms with van der Waals surface area (Å²) in [6, 6.07) is 5.10. The molecular formula is C12H14F3NO2. The van der Waals surface area contributed by atoms with E-state index in [1.807, 2.05) is 0 Å². The van der Waals surface area contributed by atoms with Gasteiger partial charge < -0.3 is 9.94 Å². The van der Waals surface area contributed by atoms with E-state index < -0.39 is 11.9 Å². The standard InChI is InChI=1S/C12H14F3NO2/c1-11(2,3)16(17)8-9-4-6-10(7-5-9)18-12(13,14)15/h4-8H,1-3H3/b16-8-. The number of hydrogen-bond acceptors (Lipinski definition) is 2. The van der Waals surface area contributed by atoms with Crippen LogP contribution in [0.5, 0.6) is 5.75 Å². The first-order valence-electron chi connectivity index (χ1n) is 5.25. The Morgan fingerprint density at radius 1 is 1.11 bits per heavy atom. The molecule has 0 saturated carbocycles. The van der Waals surface area contributed by atoms with Gasteiger partial charge in [0.05, 0.1) is 0 Å². The lowest BCUT2D eigenvalue weighted by Gasteiger charge is -2.18. The topological polar surface area (TPSA) is 35.3 Å². The van der Waals surface area contributed by atoms with Crippen LogP contribution < -0.4 is 4.74 Å². The van der Waals surface area contributed by atoms with Crippen LogP contribution in [0.3, 0.4) is 0 Å². The number of halogens is 3. The summed E-state index contributed by atoms with van der Waals surface area (Å²) in [6.45, 7) is 5.20. The van der Waals surface area contributed by atoms with Crippen LogP contribution in [0.25, 0.3) is 0 Å². The third-order valence-electron chi connectivity index (χ3n) is 2.04. The van der Waals surface area contributed by atoms with Gasteiger partial charge in [-0.15, -0.1) is 13.2 Å². The molecule has 18 heavy (non-hydrogen) atoms. The number of nitrogens with zero attached hydrogens (tertiary/aromatic N) is 1. The van der Waals surface area contributed by atoms with Gasteiger partial charge >= 0.3 is 6.36 Å². The predicted molar refractivity (Wildman–Crippen MR) is 61.7 cm³/mol. The first-order chi connectivity index (χ1) is 8.08. The van der Waals surface area contributed by atoms with Crippen LogP contribution in [0.1, 0.15) is 26.3 Å². The molecule has 0 saturated heterocycles. The summed E-state index contributed by atoms with van der Waals surface area (Å²) in [5.41, 5.74) is -0.0873. The van der Waals surface area contributed by atoms with E-state index in [0.29, 0.717) is 5.56 Å². The average molecular weight is 261 g/mol. The fourth-order valence-corrected chi connectivity index (χ4v) is 1.08. The van der Waals surface area contributed by atoms with Crippen molar-refractivity contribution in [1.82, 2.24) is 0 Å². The molecule has 100 valence electrons. The summed E-state index contributed by atoms with van der Waals surface area (Å²) in [6.07, 6.45) is -3.39. The Bertz CT molecular complexity index is 430. The molecule has 0 amide bonds. The minimum Gasteiger partial charge on any atom is -0.623 e. The second-order valence-electron chi connectivity index (χ2n) is 4.74. The molecule has 0 aliphatic rings. The number of alkyl halides is 3. The number of hydroxylamine groups is 1. The van der Waals surface area contributed by atoms with Crippen molar-refractivity contribution < 1.29 is 22.6 Å². The molecule has 0 bridgehead atoms. The Labute approximate surface area is 103 Å². The highest BCUT2D eigenvalue weighted by molar-refractivity contribution is 5.76. The second-order valence-corrected chi connectivity index (χ2v) is 4.74. The lowest BCUT2D eigenvalue weighted by Crippen LogP contribution is -2.29. The molecule has 1 rings (SSSR count). The van der Waals surface area contributed by atoms with E-state index in [9.17, 15) is 18.4 Å². The monoisotopic (exact) mass is 261 g/mol. The van der Waals surface area contributed by atoms with E-state index in [4.69, 9.17) is 0 Å². The van der Waals surface area contributed by atoms with Crippen molar-refractivity contribution in [1.29, 1.82) is 0 Å². The van der Waals surface area contributed by atoms with Gasteiger partial charge in [-0.05, 0) is 24.3 Å². The number of hydrogen-bond donors (Lipinski definition) is 0. The maximum absolute atomic E-state index is 11.9. The van der Waals surface area contributed by atoms with Crippen LogP contribution in [0.15, 0.2) is 24.3 Å². The molecule has 0 fully saturated rings. The zero-order valence-corrected chi connectivity index (χ0v) is 10.3. The number of benzene rings is 1. The van der Waals surface area contributed by atoms with E-state index in [1.165, 1.54) is 18.3 Å². The first kappa shape index (κ1) is 14.3. The Hall–Kier alpha value is -1.72. The van der Waals surface area contributed by atoms with Gasteiger partial charge in [-0.1, -0.05) is 0 Å². The van der Waals surface area contributed by atoms with Crippen LogP contribution in [0.4, 0.5) is 13.2 Å². The highest BCUT2D eigenvalue weighted by Crippen LogP contribution is 2.22. The summed E-state index contributed by atoms with van der Waals surface area (Å²) in [5, 5.41) is 11.6. The number of rotatable bonds is 2. The van der Waals surface area contributed by atoms with Crippen LogP contribution in [-0.4, -0.2) is 22.9 Å². The Morgan fingerprint density at radius 3 is 2.00 bits per heavy atom. The minimum atomic E-state index is -4.71. The lowest BCUT2D eigenvalue weighted by atomic mass is 10.1. The molecule has 0 aliphatic carbocycles. The third kappa shape index (κ3) is 4.65. The molecule has 0 spiro atoms. The molecule has 1 aromatic rings. The molecular weight excluding hydrogens is 247 g/mol. The van der Waals surface area contributed by atoms with Gasteiger partial charge in [-0.25, -0.2) is 4.74 Å². The molecule has 6 heteroatoms. The van der Waals surface area contributed by atoms with Crippen molar-refractivity contribution in [2.75, 3.05) is 0 Å².